The molecule has 3 rings (SSSR count). The van der Waals surface area contributed by atoms with E-state index in [0.29, 0.717) is 43.0 Å². The van der Waals surface area contributed by atoms with Crippen molar-refractivity contribution in [2.24, 2.45) is 5.92 Å². The molecule has 2 aliphatic heterocycles. The first kappa shape index (κ1) is 20.0. The minimum absolute atomic E-state index is 0.129. The molecular weight excluding hydrogens is 366 g/mol. The zero-order valence-corrected chi connectivity index (χ0v) is 16.4. The number of piperidine rings is 1. The van der Waals surface area contributed by atoms with E-state index in [1.54, 1.807) is 23.1 Å². The van der Waals surface area contributed by atoms with Crippen molar-refractivity contribution < 1.29 is 33.3 Å². The van der Waals surface area contributed by atoms with E-state index in [2.05, 4.69) is 0 Å². The van der Waals surface area contributed by atoms with E-state index in [9.17, 15) is 14.4 Å². The lowest BCUT2D eigenvalue weighted by molar-refractivity contribution is -0.149. The molecule has 8 nitrogen and oxygen atoms in total. The van der Waals surface area contributed by atoms with Gasteiger partial charge < -0.3 is 23.8 Å². The first-order valence-corrected chi connectivity index (χ1v) is 9.30. The molecule has 2 aliphatic rings. The topological polar surface area (TPSA) is 91.4 Å². The number of rotatable bonds is 4. The summed E-state index contributed by atoms with van der Waals surface area (Å²) in [5.74, 6) is 0.0380. The van der Waals surface area contributed by atoms with Crippen LogP contribution in [0.25, 0.3) is 0 Å². The Hall–Kier alpha value is -2.77. The number of Topliss-reactive ketones (excluding diaryl/α,β-unsaturated/α-hetero) is 1. The lowest BCUT2D eigenvalue weighted by atomic mass is 9.97. The zero-order valence-electron chi connectivity index (χ0n) is 16.4. The molecule has 0 saturated carbocycles. The van der Waals surface area contributed by atoms with Gasteiger partial charge in [0.25, 0.3) is 0 Å². The van der Waals surface area contributed by atoms with Crippen LogP contribution in [0.15, 0.2) is 18.2 Å². The number of carbonyl (C=O) groups excluding carboxylic acids is 3. The lowest BCUT2D eigenvalue weighted by Gasteiger charge is -2.32. The maximum atomic E-state index is 12.3. The maximum Gasteiger partial charge on any atom is 0.410 e. The zero-order chi connectivity index (χ0) is 20.3. The Bertz CT molecular complexity index is 760. The summed E-state index contributed by atoms with van der Waals surface area (Å²) >= 11 is 0. The van der Waals surface area contributed by atoms with Crippen LogP contribution in [0.3, 0.4) is 0 Å². The molecule has 2 heterocycles. The van der Waals surface area contributed by atoms with Gasteiger partial charge in [-0.3, -0.25) is 9.59 Å². The highest BCUT2D eigenvalue weighted by Crippen LogP contribution is 2.32. The van der Waals surface area contributed by atoms with Crippen molar-refractivity contribution in [2.45, 2.75) is 39.2 Å². The average Bonchev–Trinajstić information content (AvgIpc) is 3.12. The summed E-state index contributed by atoms with van der Waals surface area (Å²) in [4.78, 5) is 38.2. The van der Waals surface area contributed by atoms with Crippen LogP contribution in [0.2, 0.25) is 0 Å². The first-order valence-electron chi connectivity index (χ1n) is 9.30. The summed E-state index contributed by atoms with van der Waals surface area (Å²) < 4.78 is 21.0. The first-order chi connectivity index (χ1) is 13.2. The van der Waals surface area contributed by atoms with Gasteiger partial charge in [-0.1, -0.05) is 0 Å². The van der Waals surface area contributed by atoms with Crippen molar-refractivity contribution in [3.63, 3.8) is 0 Å². The van der Waals surface area contributed by atoms with E-state index in [-0.39, 0.29) is 31.2 Å². The monoisotopic (exact) mass is 391 g/mol. The smallest absolute Gasteiger partial charge is 0.410 e. The van der Waals surface area contributed by atoms with E-state index < -0.39 is 11.6 Å². The van der Waals surface area contributed by atoms with Crippen LogP contribution in [0.5, 0.6) is 11.5 Å². The third-order valence-electron chi connectivity index (χ3n) is 4.52. The molecule has 28 heavy (non-hydrogen) atoms. The summed E-state index contributed by atoms with van der Waals surface area (Å²) in [6.45, 7) is 6.08. The molecule has 0 unspecified atom stereocenters. The van der Waals surface area contributed by atoms with Gasteiger partial charge in [-0.25, -0.2) is 4.79 Å². The summed E-state index contributed by atoms with van der Waals surface area (Å²) in [7, 11) is 0. The van der Waals surface area contributed by atoms with Crippen LogP contribution < -0.4 is 9.47 Å². The Morgan fingerprint density at radius 2 is 1.79 bits per heavy atom. The molecule has 1 saturated heterocycles. The van der Waals surface area contributed by atoms with Gasteiger partial charge in [-0.15, -0.1) is 0 Å². The van der Waals surface area contributed by atoms with Crippen molar-refractivity contribution in [3.8, 4) is 11.5 Å². The van der Waals surface area contributed by atoms with Gasteiger partial charge in [0.05, 0.1) is 5.92 Å². The minimum atomic E-state index is -0.554. The van der Waals surface area contributed by atoms with Gasteiger partial charge in [-0.05, 0) is 51.8 Å². The van der Waals surface area contributed by atoms with Crippen LogP contribution >= 0.6 is 0 Å². The SMILES string of the molecule is CC(C)(C)OC(=O)N1CCC(C(=O)OCC(=O)c2ccc3c(c2)OCO3)CC1. The van der Waals surface area contributed by atoms with Gasteiger partial charge in [0, 0.05) is 18.7 Å². The van der Waals surface area contributed by atoms with E-state index in [1.165, 1.54) is 0 Å². The number of likely N-dealkylation sites (tertiary alicyclic amines) is 1. The predicted molar refractivity (Wildman–Crippen MR) is 98.4 cm³/mol. The standard InChI is InChI=1S/C20H25NO7/c1-20(2,3)28-19(24)21-8-6-13(7-9-21)18(23)25-11-15(22)14-4-5-16-17(10-14)27-12-26-16/h4-5,10,13H,6-9,11-12H2,1-3H3. The second-order valence-corrected chi connectivity index (χ2v) is 7.84. The van der Waals surface area contributed by atoms with Crippen molar-refractivity contribution in [1.82, 2.24) is 4.90 Å². The molecule has 1 fully saturated rings. The number of benzene rings is 1. The minimum Gasteiger partial charge on any atom is -0.457 e. The number of hydrogen-bond donors (Lipinski definition) is 0. The van der Waals surface area contributed by atoms with Gasteiger partial charge in [0.15, 0.2) is 23.9 Å². The number of carbonyl (C=O) groups is 3. The fourth-order valence-electron chi connectivity index (χ4n) is 3.03. The Morgan fingerprint density at radius 1 is 1.11 bits per heavy atom. The van der Waals surface area contributed by atoms with Crippen LogP contribution in [0, 0.1) is 5.92 Å². The predicted octanol–water partition coefficient (Wildman–Crippen LogP) is 2.79. The molecule has 1 aromatic rings. The Balaban J connectivity index is 1.44. The second-order valence-electron chi connectivity index (χ2n) is 7.84. The Kier molecular flexibility index (Phi) is 5.76. The molecule has 0 N–H and O–H groups in total. The van der Waals surface area contributed by atoms with Crippen molar-refractivity contribution in [1.29, 1.82) is 0 Å². The number of fused-ring (bicyclic) bond motifs is 1. The summed E-state index contributed by atoms with van der Waals surface area (Å²) in [6, 6.07) is 4.85. The second kappa shape index (κ2) is 8.08. The summed E-state index contributed by atoms with van der Waals surface area (Å²) in [5.41, 5.74) is -0.154. The van der Waals surface area contributed by atoms with Crippen molar-refractivity contribution in [3.05, 3.63) is 23.8 Å². The van der Waals surface area contributed by atoms with Gasteiger partial charge >= 0.3 is 12.1 Å². The largest absolute Gasteiger partial charge is 0.457 e. The van der Waals surface area contributed by atoms with Gasteiger partial charge in [0.2, 0.25) is 6.79 Å². The number of nitrogens with zero attached hydrogens (tertiary/aromatic N) is 1. The maximum absolute atomic E-state index is 12.3. The lowest BCUT2D eigenvalue weighted by Crippen LogP contribution is -2.43. The molecule has 1 aromatic carbocycles. The molecule has 0 atom stereocenters. The van der Waals surface area contributed by atoms with Crippen molar-refractivity contribution >= 4 is 17.8 Å². The van der Waals surface area contributed by atoms with E-state index in [1.807, 2.05) is 20.8 Å². The molecule has 0 spiro atoms. The highest BCUT2D eigenvalue weighted by atomic mass is 16.7. The highest BCUT2D eigenvalue weighted by Gasteiger charge is 2.31. The third kappa shape index (κ3) is 4.94. The Labute approximate surface area is 163 Å². The third-order valence-corrected chi connectivity index (χ3v) is 4.52. The van der Waals surface area contributed by atoms with Crippen LogP contribution in [-0.2, 0) is 14.3 Å². The van der Waals surface area contributed by atoms with Gasteiger partial charge in [-0.2, -0.15) is 0 Å². The van der Waals surface area contributed by atoms with Crippen LogP contribution in [-0.4, -0.2) is 54.8 Å². The van der Waals surface area contributed by atoms with E-state index in [0.717, 1.165) is 0 Å². The molecular formula is C20H25NO7. The quantitative estimate of drug-likeness (QED) is 0.576. The summed E-state index contributed by atoms with van der Waals surface area (Å²) in [6.07, 6.45) is 0.587. The van der Waals surface area contributed by atoms with Gasteiger partial charge in [0.1, 0.15) is 5.60 Å². The van der Waals surface area contributed by atoms with Crippen molar-refractivity contribution in [2.75, 3.05) is 26.5 Å². The number of hydrogen-bond acceptors (Lipinski definition) is 7. The van der Waals surface area contributed by atoms with E-state index >= 15 is 0 Å². The number of esters is 1. The number of amides is 1. The molecule has 0 aromatic heterocycles. The number of ketones is 1. The Morgan fingerprint density at radius 3 is 2.46 bits per heavy atom. The molecule has 8 heteroatoms. The summed E-state index contributed by atoms with van der Waals surface area (Å²) in [5, 5.41) is 0. The molecule has 1 amide bonds. The fraction of sp³-hybridized carbons (Fsp3) is 0.550. The average molecular weight is 391 g/mol. The molecule has 152 valence electrons. The van der Waals surface area contributed by atoms with Crippen LogP contribution in [0.1, 0.15) is 44.0 Å². The fourth-order valence-corrected chi connectivity index (χ4v) is 3.03. The highest BCUT2D eigenvalue weighted by molar-refractivity contribution is 5.98. The molecule has 0 bridgehead atoms. The molecule has 0 aliphatic carbocycles. The van der Waals surface area contributed by atoms with Crippen LogP contribution in [0.4, 0.5) is 4.79 Å². The van der Waals surface area contributed by atoms with E-state index in [4.69, 9.17) is 18.9 Å². The normalized spacial score (nSPS) is 16.6. The molecule has 0 radical (unpaired) electrons. The number of ether oxygens (including phenoxy) is 4.